The average molecular weight is 308 g/mol. The molecule has 0 atom stereocenters. The monoisotopic (exact) mass is 307 g/mol. The maximum Gasteiger partial charge on any atom is 0.341 e. The normalized spacial score (nSPS) is 13.0. The Bertz CT molecular complexity index is 733. The summed E-state index contributed by atoms with van der Waals surface area (Å²) >= 11 is 5.89. The SMILES string of the molecule is O=C(O)c1cc2c(nc1Oc1ccc(F)cc1Cl)CCC2. The van der Waals surface area contributed by atoms with E-state index in [9.17, 15) is 14.3 Å². The zero-order chi connectivity index (χ0) is 15.0. The standard InChI is InChI=1S/C15H11ClFNO3/c16-11-7-9(17)4-5-13(11)21-14-10(15(19)20)6-8-2-1-3-12(8)18-14/h4-7H,1-3H2,(H,19,20). The number of halogens is 2. The number of carboxylic acids is 1. The first-order valence-electron chi connectivity index (χ1n) is 6.43. The molecule has 0 unspecified atom stereocenters. The molecule has 108 valence electrons. The van der Waals surface area contributed by atoms with Crippen molar-refractivity contribution in [2.45, 2.75) is 19.3 Å². The van der Waals surface area contributed by atoms with Crippen LogP contribution in [-0.2, 0) is 12.8 Å². The largest absolute Gasteiger partial charge is 0.477 e. The molecule has 1 aromatic carbocycles. The minimum absolute atomic E-state index is 0.0170. The van der Waals surface area contributed by atoms with Gasteiger partial charge >= 0.3 is 5.97 Å². The van der Waals surface area contributed by atoms with Crippen molar-refractivity contribution in [1.82, 2.24) is 4.98 Å². The summed E-state index contributed by atoms with van der Waals surface area (Å²) in [6.07, 6.45) is 2.56. The second-order valence-corrected chi connectivity index (χ2v) is 5.19. The van der Waals surface area contributed by atoms with Crippen LogP contribution in [0.25, 0.3) is 0 Å². The molecule has 0 saturated carbocycles. The molecule has 1 N–H and O–H groups in total. The van der Waals surface area contributed by atoms with Crippen molar-refractivity contribution in [1.29, 1.82) is 0 Å². The molecular weight excluding hydrogens is 297 g/mol. The van der Waals surface area contributed by atoms with E-state index < -0.39 is 11.8 Å². The molecule has 0 saturated heterocycles. The van der Waals surface area contributed by atoms with Crippen molar-refractivity contribution in [2.24, 2.45) is 0 Å². The van der Waals surface area contributed by atoms with Gasteiger partial charge in [0.1, 0.15) is 17.1 Å². The van der Waals surface area contributed by atoms with Crippen LogP contribution in [0.4, 0.5) is 4.39 Å². The third-order valence-corrected chi connectivity index (χ3v) is 3.64. The Kier molecular flexibility index (Phi) is 3.51. The fraction of sp³-hybridized carbons (Fsp3) is 0.200. The van der Waals surface area contributed by atoms with Gasteiger partial charge in [0.2, 0.25) is 5.88 Å². The maximum absolute atomic E-state index is 13.0. The summed E-state index contributed by atoms with van der Waals surface area (Å²) in [5, 5.41) is 9.34. The number of carboxylic acid groups (broad SMARTS) is 1. The Balaban J connectivity index is 2.03. The van der Waals surface area contributed by atoms with Crippen molar-refractivity contribution >= 4 is 17.6 Å². The van der Waals surface area contributed by atoms with Gasteiger partial charge in [-0.25, -0.2) is 14.2 Å². The number of ether oxygens (including phenoxy) is 1. The molecule has 4 nitrogen and oxygen atoms in total. The van der Waals surface area contributed by atoms with Crippen molar-refractivity contribution < 1.29 is 19.0 Å². The molecule has 0 bridgehead atoms. The van der Waals surface area contributed by atoms with Gasteiger partial charge in [-0.2, -0.15) is 0 Å². The lowest BCUT2D eigenvalue weighted by molar-refractivity contribution is 0.0693. The summed E-state index contributed by atoms with van der Waals surface area (Å²) in [5.41, 5.74) is 1.76. The van der Waals surface area contributed by atoms with Crippen molar-refractivity contribution in [3.05, 3.63) is 51.9 Å². The van der Waals surface area contributed by atoms with Crippen LogP contribution in [0, 0.1) is 5.82 Å². The van der Waals surface area contributed by atoms with Gasteiger partial charge in [-0.1, -0.05) is 11.6 Å². The van der Waals surface area contributed by atoms with Crippen LogP contribution in [0.2, 0.25) is 5.02 Å². The first-order chi connectivity index (χ1) is 10.0. The number of aromatic nitrogens is 1. The quantitative estimate of drug-likeness (QED) is 0.935. The molecule has 1 aliphatic rings. The molecule has 1 aromatic heterocycles. The molecule has 0 amide bonds. The van der Waals surface area contributed by atoms with Crippen LogP contribution in [0.5, 0.6) is 11.6 Å². The highest BCUT2D eigenvalue weighted by molar-refractivity contribution is 6.32. The lowest BCUT2D eigenvalue weighted by atomic mass is 10.1. The van der Waals surface area contributed by atoms with Crippen LogP contribution in [0.3, 0.4) is 0 Å². The summed E-state index contributed by atoms with van der Waals surface area (Å²) in [4.78, 5) is 15.6. The zero-order valence-electron chi connectivity index (χ0n) is 10.9. The van der Waals surface area contributed by atoms with E-state index in [4.69, 9.17) is 16.3 Å². The Morgan fingerprint density at radius 2 is 2.14 bits per heavy atom. The molecule has 6 heteroatoms. The van der Waals surface area contributed by atoms with Crippen LogP contribution in [0.15, 0.2) is 24.3 Å². The maximum atomic E-state index is 13.0. The summed E-state index contributed by atoms with van der Waals surface area (Å²) in [6, 6.07) is 5.22. The first kappa shape index (κ1) is 13.8. The highest BCUT2D eigenvalue weighted by Gasteiger charge is 2.22. The first-order valence-corrected chi connectivity index (χ1v) is 6.81. The minimum atomic E-state index is -1.12. The molecule has 0 aliphatic heterocycles. The van der Waals surface area contributed by atoms with E-state index in [2.05, 4.69) is 4.98 Å². The molecular formula is C15H11ClFNO3. The fourth-order valence-electron chi connectivity index (χ4n) is 2.35. The van der Waals surface area contributed by atoms with Gasteiger partial charge in [-0.15, -0.1) is 0 Å². The number of carbonyl (C=O) groups is 1. The predicted octanol–water partition coefficient (Wildman–Crippen LogP) is 3.85. The van der Waals surface area contributed by atoms with E-state index in [-0.39, 0.29) is 22.2 Å². The lowest BCUT2D eigenvalue weighted by Crippen LogP contribution is -2.05. The molecule has 21 heavy (non-hydrogen) atoms. The van der Waals surface area contributed by atoms with Gasteiger partial charge in [0.15, 0.2) is 0 Å². The summed E-state index contributed by atoms with van der Waals surface area (Å²) in [7, 11) is 0. The zero-order valence-corrected chi connectivity index (χ0v) is 11.7. The Morgan fingerprint density at radius 1 is 1.33 bits per heavy atom. The Labute approximate surface area is 125 Å². The van der Waals surface area contributed by atoms with E-state index in [0.717, 1.165) is 36.6 Å². The number of hydrogen-bond donors (Lipinski definition) is 1. The number of pyridine rings is 1. The number of fused-ring (bicyclic) bond motifs is 1. The third kappa shape index (κ3) is 2.69. The molecule has 0 spiro atoms. The smallest absolute Gasteiger partial charge is 0.341 e. The van der Waals surface area contributed by atoms with Gasteiger partial charge in [0.05, 0.1) is 5.02 Å². The van der Waals surface area contributed by atoms with E-state index in [1.807, 2.05) is 0 Å². The number of aryl methyl sites for hydroxylation is 2. The second kappa shape index (κ2) is 5.33. The molecule has 3 rings (SSSR count). The van der Waals surface area contributed by atoms with E-state index >= 15 is 0 Å². The Morgan fingerprint density at radius 3 is 2.86 bits per heavy atom. The van der Waals surface area contributed by atoms with E-state index in [1.54, 1.807) is 6.07 Å². The number of rotatable bonds is 3. The molecule has 0 radical (unpaired) electrons. The molecule has 1 heterocycles. The highest BCUT2D eigenvalue weighted by Crippen LogP contribution is 2.33. The number of hydrogen-bond acceptors (Lipinski definition) is 3. The topological polar surface area (TPSA) is 59.4 Å². The summed E-state index contributed by atoms with van der Waals surface area (Å²) < 4.78 is 18.5. The molecule has 2 aromatic rings. The highest BCUT2D eigenvalue weighted by atomic mass is 35.5. The van der Waals surface area contributed by atoms with Crippen LogP contribution in [-0.4, -0.2) is 16.1 Å². The van der Waals surface area contributed by atoms with E-state index in [1.165, 1.54) is 12.1 Å². The lowest BCUT2D eigenvalue weighted by Gasteiger charge is -2.11. The van der Waals surface area contributed by atoms with Crippen molar-refractivity contribution in [2.75, 3.05) is 0 Å². The number of benzene rings is 1. The number of aromatic carboxylic acids is 1. The molecule has 1 aliphatic carbocycles. The van der Waals surface area contributed by atoms with Gasteiger partial charge in [-0.3, -0.25) is 0 Å². The van der Waals surface area contributed by atoms with Gasteiger partial charge in [0.25, 0.3) is 0 Å². The van der Waals surface area contributed by atoms with Crippen molar-refractivity contribution in [3.63, 3.8) is 0 Å². The van der Waals surface area contributed by atoms with Crippen LogP contribution < -0.4 is 4.74 Å². The van der Waals surface area contributed by atoms with Gasteiger partial charge in [-0.05, 0) is 49.1 Å². The molecule has 0 fully saturated rings. The van der Waals surface area contributed by atoms with Gasteiger partial charge in [0, 0.05) is 5.69 Å². The fourth-order valence-corrected chi connectivity index (χ4v) is 2.55. The average Bonchev–Trinajstić information content (AvgIpc) is 2.88. The summed E-state index contributed by atoms with van der Waals surface area (Å²) in [5.74, 6) is -1.46. The number of nitrogens with zero attached hydrogens (tertiary/aromatic N) is 1. The van der Waals surface area contributed by atoms with Crippen LogP contribution in [0.1, 0.15) is 28.0 Å². The van der Waals surface area contributed by atoms with Crippen LogP contribution >= 0.6 is 11.6 Å². The second-order valence-electron chi connectivity index (χ2n) is 4.78. The minimum Gasteiger partial charge on any atom is -0.477 e. The van der Waals surface area contributed by atoms with E-state index in [0.29, 0.717) is 0 Å². The Hall–Kier alpha value is -2.14. The van der Waals surface area contributed by atoms with Crippen molar-refractivity contribution in [3.8, 4) is 11.6 Å². The summed E-state index contributed by atoms with van der Waals surface area (Å²) in [6.45, 7) is 0. The third-order valence-electron chi connectivity index (χ3n) is 3.35. The van der Waals surface area contributed by atoms with Gasteiger partial charge < -0.3 is 9.84 Å². The predicted molar refractivity (Wildman–Crippen MR) is 74.7 cm³/mol.